The van der Waals surface area contributed by atoms with E-state index in [1.165, 1.54) is 6.42 Å². The van der Waals surface area contributed by atoms with E-state index in [0.717, 1.165) is 12.8 Å². The van der Waals surface area contributed by atoms with Crippen LogP contribution in [0.1, 0.15) is 50.4 Å². The Labute approximate surface area is 120 Å². The molecule has 0 saturated heterocycles. The van der Waals surface area contributed by atoms with Crippen molar-refractivity contribution in [3.05, 3.63) is 34.9 Å². The number of amides is 1. The molecule has 2 rings (SSSR count). The van der Waals surface area contributed by atoms with Gasteiger partial charge in [0.1, 0.15) is 0 Å². The van der Waals surface area contributed by atoms with Crippen molar-refractivity contribution in [2.24, 2.45) is 11.3 Å². The van der Waals surface area contributed by atoms with Crippen LogP contribution in [0.4, 0.5) is 0 Å². The van der Waals surface area contributed by atoms with Gasteiger partial charge in [-0.2, -0.15) is 0 Å². The van der Waals surface area contributed by atoms with Gasteiger partial charge in [0.05, 0.1) is 10.6 Å². The predicted molar refractivity (Wildman–Crippen MR) is 79.5 cm³/mol. The highest BCUT2D eigenvalue weighted by atomic mass is 35.5. The highest BCUT2D eigenvalue weighted by molar-refractivity contribution is 6.33. The Hall–Kier alpha value is -1.02. The summed E-state index contributed by atoms with van der Waals surface area (Å²) in [6.07, 6.45) is 3.32. The molecule has 0 radical (unpaired) electrons. The normalized spacial score (nSPS) is 25.9. The summed E-state index contributed by atoms with van der Waals surface area (Å²) in [4.78, 5) is 12.3. The molecule has 0 aromatic heterocycles. The van der Waals surface area contributed by atoms with Crippen molar-refractivity contribution in [1.29, 1.82) is 0 Å². The Balaban J connectivity index is 2.05. The number of benzene rings is 1. The van der Waals surface area contributed by atoms with Crippen molar-refractivity contribution in [3.8, 4) is 0 Å². The minimum absolute atomic E-state index is 0.0551. The second-order valence-corrected chi connectivity index (χ2v) is 6.97. The summed E-state index contributed by atoms with van der Waals surface area (Å²) in [5, 5.41) is 3.66. The van der Waals surface area contributed by atoms with Crippen LogP contribution in [-0.2, 0) is 0 Å². The quantitative estimate of drug-likeness (QED) is 0.860. The summed E-state index contributed by atoms with van der Waals surface area (Å²) in [6, 6.07) is 7.46. The summed E-state index contributed by atoms with van der Waals surface area (Å²) < 4.78 is 0. The summed E-state index contributed by atoms with van der Waals surface area (Å²) in [7, 11) is 0. The number of hydrogen-bond donors (Lipinski definition) is 1. The number of rotatable bonds is 2. The molecule has 0 heterocycles. The third-order valence-corrected chi connectivity index (χ3v) is 4.17. The van der Waals surface area contributed by atoms with Crippen LogP contribution in [0.25, 0.3) is 0 Å². The van der Waals surface area contributed by atoms with E-state index in [9.17, 15) is 4.79 Å². The number of carbonyl (C=O) groups is 1. The topological polar surface area (TPSA) is 29.1 Å². The number of halogens is 1. The molecule has 2 nitrogen and oxygen atoms in total. The monoisotopic (exact) mass is 279 g/mol. The minimum atomic E-state index is -0.0551. The molecule has 1 aliphatic rings. The second-order valence-electron chi connectivity index (χ2n) is 6.56. The SMILES string of the molecule is C[C@@H]1C[C@H](NC(=O)c2ccccc2Cl)CC(C)(C)C1. The highest BCUT2D eigenvalue weighted by Gasteiger charge is 2.32. The van der Waals surface area contributed by atoms with Crippen LogP contribution in [0, 0.1) is 11.3 Å². The lowest BCUT2D eigenvalue weighted by atomic mass is 9.70. The Morgan fingerprint density at radius 1 is 1.32 bits per heavy atom. The largest absolute Gasteiger partial charge is 0.349 e. The number of nitrogens with one attached hydrogen (secondary N) is 1. The third-order valence-electron chi connectivity index (χ3n) is 3.84. The van der Waals surface area contributed by atoms with E-state index in [1.807, 2.05) is 12.1 Å². The Kier molecular flexibility index (Phi) is 4.19. The summed E-state index contributed by atoms with van der Waals surface area (Å²) >= 11 is 6.06. The highest BCUT2D eigenvalue weighted by Crippen LogP contribution is 2.38. The van der Waals surface area contributed by atoms with Gasteiger partial charge in [0.25, 0.3) is 5.91 Å². The molecule has 3 heteroatoms. The van der Waals surface area contributed by atoms with Gasteiger partial charge in [-0.15, -0.1) is 0 Å². The van der Waals surface area contributed by atoms with E-state index in [-0.39, 0.29) is 11.9 Å². The average Bonchev–Trinajstić information content (AvgIpc) is 2.26. The number of hydrogen-bond acceptors (Lipinski definition) is 1. The van der Waals surface area contributed by atoms with Crippen LogP contribution in [0.5, 0.6) is 0 Å². The first kappa shape index (κ1) is 14.4. The summed E-state index contributed by atoms with van der Waals surface area (Å²) in [5.74, 6) is 0.598. The molecule has 19 heavy (non-hydrogen) atoms. The van der Waals surface area contributed by atoms with Crippen molar-refractivity contribution in [3.63, 3.8) is 0 Å². The van der Waals surface area contributed by atoms with Crippen LogP contribution >= 0.6 is 11.6 Å². The molecule has 104 valence electrons. The Morgan fingerprint density at radius 2 is 2.00 bits per heavy atom. The molecular weight excluding hydrogens is 258 g/mol. The summed E-state index contributed by atoms with van der Waals surface area (Å²) in [5.41, 5.74) is 0.871. The van der Waals surface area contributed by atoms with Gasteiger partial charge in [-0.25, -0.2) is 0 Å². The molecular formula is C16H22ClNO. The molecule has 1 saturated carbocycles. The zero-order chi connectivity index (χ0) is 14.0. The second kappa shape index (κ2) is 5.54. The van der Waals surface area contributed by atoms with Gasteiger partial charge in [-0.05, 0) is 42.7 Å². The fourth-order valence-corrected chi connectivity index (χ4v) is 3.59. The van der Waals surface area contributed by atoms with E-state index < -0.39 is 0 Å². The Bertz CT molecular complexity index is 470. The van der Waals surface area contributed by atoms with Crippen LogP contribution in [0.15, 0.2) is 24.3 Å². The molecule has 1 N–H and O–H groups in total. The first-order valence-corrected chi connectivity index (χ1v) is 7.30. The van der Waals surface area contributed by atoms with Gasteiger partial charge < -0.3 is 5.32 Å². The van der Waals surface area contributed by atoms with E-state index in [1.54, 1.807) is 12.1 Å². The van der Waals surface area contributed by atoms with E-state index in [0.29, 0.717) is 21.9 Å². The van der Waals surface area contributed by atoms with Gasteiger partial charge in [0.2, 0.25) is 0 Å². The molecule has 1 aromatic carbocycles. The molecule has 1 amide bonds. The van der Waals surface area contributed by atoms with Gasteiger partial charge >= 0.3 is 0 Å². The van der Waals surface area contributed by atoms with Gasteiger partial charge in [0, 0.05) is 6.04 Å². The first-order chi connectivity index (χ1) is 8.87. The fraction of sp³-hybridized carbons (Fsp3) is 0.562. The zero-order valence-corrected chi connectivity index (χ0v) is 12.6. The standard InChI is InChI=1S/C16H22ClNO/c1-11-8-12(10-16(2,3)9-11)18-15(19)13-6-4-5-7-14(13)17/h4-7,11-12H,8-10H2,1-3H3,(H,18,19)/t11-,12+/m1/s1. The van der Waals surface area contributed by atoms with Crippen molar-refractivity contribution in [2.45, 2.75) is 46.1 Å². The average molecular weight is 280 g/mol. The van der Waals surface area contributed by atoms with Crippen molar-refractivity contribution < 1.29 is 4.79 Å². The van der Waals surface area contributed by atoms with Crippen molar-refractivity contribution in [2.75, 3.05) is 0 Å². The molecule has 1 fully saturated rings. The maximum atomic E-state index is 12.3. The fourth-order valence-electron chi connectivity index (χ4n) is 3.36. The molecule has 0 aliphatic heterocycles. The molecule has 0 spiro atoms. The van der Waals surface area contributed by atoms with Gasteiger partial charge in [0.15, 0.2) is 0 Å². The van der Waals surface area contributed by atoms with Crippen LogP contribution < -0.4 is 5.32 Å². The summed E-state index contributed by atoms with van der Waals surface area (Å²) in [6.45, 7) is 6.81. The minimum Gasteiger partial charge on any atom is -0.349 e. The molecule has 0 unspecified atom stereocenters. The predicted octanol–water partition coefficient (Wildman–Crippen LogP) is 4.28. The van der Waals surface area contributed by atoms with Crippen LogP contribution in [-0.4, -0.2) is 11.9 Å². The lowest BCUT2D eigenvalue weighted by molar-refractivity contribution is 0.0874. The lowest BCUT2D eigenvalue weighted by Crippen LogP contribution is -2.43. The van der Waals surface area contributed by atoms with Gasteiger partial charge in [-0.3, -0.25) is 4.79 Å². The van der Waals surface area contributed by atoms with Crippen LogP contribution in [0.3, 0.4) is 0 Å². The number of carbonyl (C=O) groups excluding carboxylic acids is 1. The van der Waals surface area contributed by atoms with Crippen molar-refractivity contribution >= 4 is 17.5 Å². The maximum Gasteiger partial charge on any atom is 0.253 e. The molecule has 2 atom stereocenters. The molecule has 1 aromatic rings. The zero-order valence-electron chi connectivity index (χ0n) is 11.9. The van der Waals surface area contributed by atoms with Crippen LogP contribution in [0.2, 0.25) is 5.02 Å². The maximum absolute atomic E-state index is 12.3. The Morgan fingerprint density at radius 3 is 2.63 bits per heavy atom. The van der Waals surface area contributed by atoms with E-state index in [4.69, 9.17) is 11.6 Å². The van der Waals surface area contributed by atoms with Crippen molar-refractivity contribution in [1.82, 2.24) is 5.32 Å². The molecule has 0 bridgehead atoms. The van der Waals surface area contributed by atoms with Gasteiger partial charge in [-0.1, -0.05) is 44.5 Å². The van der Waals surface area contributed by atoms with E-state index in [2.05, 4.69) is 26.1 Å². The van der Waals surface area contributed by atoms with E-state index >= 15 is 0 Å². The first-order valence-electron chi connectivity index (χ1n) is 6.93. The lowest BCUT2D eigenvalue weighted by Gasteiger charge is -2.39. The molecule has 1 aliphatic carbocycles. The third kappa shape index (κ3) is 3.73. The smallest absolute Gasteiger partial charge is 0.253 e.